The number of aromatic nitrogens is 2. The highest BCUT2D eigenvalue weighted by Crippen LogP contribution is 2.34. The normalized spacial score (nSPS) is 21.0. The van der Waals surface area contributed by atoms with Crippen LogP contribution in [-0.4, -0.2) is 89.1 Å². The molecule has 0 amide bonds. The Bertz CT molecular complexity index is 1350. The molecule has 15 heteroatoms. The van der Waals surface area contributed by atoms with E-state index in [9.17, 15) is 24.0 Å². The van der Waals surface area contributed by atoms with Crippen LogP contribution in [-0.2, 0) is 54.1 Å². The number of carboxylic acid groups (broad SMARTS) is 1. The molecule has 0 spiro atoms. The zero-order chi connectivity index (χ0) is 33.3. The van der Waals surface area contributed by atoms with E-state index < -0.39 is 67.2 Å². The van der Waals surface area contributed by atoms with Gasteiger partial charge in [-0.25, -0.2) is 0 Å². The third-order valence-electron chi connectivity index (χ3n) is 6.50. The molecule has 1 aliphatic heterocycles. The number of H-pyrrole nitrogens is 1. The number of esters is 4. The lowest BCUT2D eigenvalue weighted by atomic mass is 9.97. The van der Waals surface area contributed by atoms with Crippen molar-refractivity contribution in [2.45, 2.75) is 91.0 Å². The minimum atomic E-state index is -1.45. The van der Waals surface area contributed by atoms with Gasteiger partial charge < -0.3 is 38.3 Å². The lowest BCUT2D eigenvalue weighted by molar-refractivity contribution is -0.289. The minimum absolute atomic E-state index is 0.0149. The first-order valence-corrected chi connectivity index (χ1v) is 14.2. The Morgan fingerprint density at radius 1 is 0.889 bits per heavy atom. The summed E-state index contributed by atoms with van der Waals surface area (Å²) in [5.41, 5.74) is 2.24. The van der Waals surface area contributed by atoms with Crippen molar-refractivity contribution in [3.05, 3.63) is 41.1 Å². The van der Waals surface area contributed by atoms with Crippen LogP contribution in [0, 0.1) is 0 Å². The fourth-order valence-corrected chi connectivity index (χ4v) is 4.66. The molecule has 15 nitrogen and oxygen atoms in total. The molecule has 246 valence electrons. The second-order valence-electron chi connectivity index (χ2n) is 10.6. The number of carbonyl (C=O) groups is 5. The highest BCUT2D eigenvalue weighted by Gasteiger charge is 2.53. The minimum Gasteiger partial charge on any atom is -0.493 e. The van der Waals surface area contributed by atoms with E-state index in [1.54, 1.807) is 12.1 Å². The average Bonchev–Trinajstić information content (AvgIpc) is 3.33. The molecular formula is C30H38N2O13. The summed E-state index contributed by atoms with van der Waals surface area (Å²) in [6.45, 7) is 8.12. The van der Waals surface area contributed by atoms with E-state index in [-0.39, 0.29) is 24.8 Å². The van der Waals surface area contributed by atoms with Crippen LogP contribution in [0.2, 0.25) is 0 Å². The van der Waals surface area contributed by atoms with Gasteiger partial charge in [0.25, 0.3) is 0 Å². The predicted octanol–water partition coefficient (Wildman–Crippen LogP) is 2.44. The van der Waals surface area contributed by atoms with Crippen molar-refractivity contribution in [1.82, 2.24) is 10.2 Å². The highest BCUT2D eigenvalue weighted by atomic mass is 16.7. The Labute approximate surface area is 259 Å². The zero-order valence-electron chi connectivity index (χ0n) is 25.9. The molecule has 5 atom stereocenters. The van der Waals surface area contributed by atoms with E-state index in [0.717, 1.165) is 32.0 Å². The van der Waals surface area contributed by atoms with E-state index in [2.05, 4.69) is 10.2 Å². The number of nitrogens with one attached hydrogen (secondary N) is 1. The Hall–Kier alpha value is -4.66. The van der Waals surface area contributed by atoms with Crippen molar-refractivity contribution in [3.63, 3.8) is 0 Å². The lowest BCUT2D eigenvalue weighted by Crippen LogP contribution is -2.63. The molecular weight excluding hydrogens is 596 g/mol. The molecule has 3 rings (SSSR count). The van der Waals surface area contributed by atoms with Crippen molar-refractivity contribution in [2.75, 3.05) is 13.2 Å². The lowest BCUT2D eigenvalue weighted by Gasteiger charge is -2.43. The summed E-state index contributed by atoms with van der Waals surface area (Å²) in [5, 5.41) is 16.1. The Balaban J connectivity index is 1.97. The molecule has 2 aromatic rings. The van der Waals surface area contributed by atoms with Gasteiger partial charge in [0, 0.05) is 45.4 Å². The van der Waals surface area contributed by atoms with Crippen molar-refractivity contribution in [2.24, 2.45) is 0 Å². The Morgan fingerprint density at radius 2 is 1.49 bits per heavy atom. The second kappa shape index (κ2) is 15.9. The molecule has 0 aliphatic carbocycles. The number of aromatic amines is 1. The van der Waals surface area contributed by atoms with Crippen molar-refractivity contribution in [3.8, 4) is 11.6 Å². The van der Waals surface area contributed by atoms with Crippen LogP contribution in [0.4, 0.5) is 0 Å². The summed E-state index contributed by atoms with van der Waals surface area (Å²) < 4.78 is 39.2. The monoisotopic (exact) mass is 634 g/mol. The molecule has 2 N–H and O–H groups in total. The van der Waals surface area contributed by atoms with Crippen molar-refractivity contribution in [1.29, 1.82) is 0 Å². The van der Waals surface area contributed by atoms with Crippen LogP contribution in [0.15, 0.2) is 24.3 Å². The first-order valence-electron chi connectivity index (χ1n) is 14.2. The molecule has 1 fully saturated rings. The molecule has 45 heavy (non-hydrogen) atoms. The van der Waals surface area contributed by atoms with Crippen LogP contribution < -0.4 is 9.47 Å². The summed E-state index contributed by atoms with van der Waals surface area (Å²) in [7, 11) is 0. The van der Waals surface area contributed by atoms with E-state index in [0.29, 0.717) is 17.7 Å². The van der Waals surface area contributed by atoms with E-state index in [4.69, 9.17) is 38.3 Å². The molecule has 2 heterocycles. The van der Waals surface area contributed by atoms with E-state index >= 15 is 0 Å². The number of carbonyl (C=O) groups excluding carboxylic acids is 4. The van der Waals surface area contributed by atoms with E-state index in [1.807, 2.05) is 26.0 Å². The van der Waals surface area contributed by atoms with Crippen LogP contribution >= 0.6 is 0 Å². The fourth-order valence-electron chi connectivity index (χ4n) is 4.66. The summed E-state index contributed by atoms with van der Waals surface area (Å²) in [6, 6.07) is 7.05. The maximum Gasteiger partial charge on any atom is 0.306 e. The Kier molecular flexibility index (Phi) is 12.3. The molecule has 1 unspecified atom stereocenters. The quantitative estimate of drug-likeness (QED) is 0.227. The maximum absolute atomic E-state index is 12.2. The first kappa shape index (κ1) is 34.8. The number of benzene rings is 1. The predicted molar refractivity (Wildman–Crippen MR) is 152 cm³/mol. The van der Waals surface area contributed by atoms with Gasteiger partial charge in [0.15, 0.2) is 12.2 Å². The van der Waals surface area contributed by atoms with E-state index in [1.165, 1.54) is 6.92 Å². The number of rotatable bonds is 14. The number of ether oxygens (including phenoxy) is 7. The topological polar surface area (TPSA) is 199 Å². The standard InChI is InChI=1S/C30H38N2O13/c1-15(2)25-22(13-20-7-9-21(10-8-20)39-12-11-24(37)38)29(32-31-25)45-30-28(43-19(6)36)27(42-18(5)35)26(41-17(4)34)23(44-30)14-40-16(3)33/h7-10,15,23,26-28,30H,11-14H2,1-6H3,(H,31,32)(H,37,38)/t23-,26-,27+,28-,30?/m1/s1. The molecule has 1 saturated heterocycles. The highest BCUT2D eigenvalue weighted by molar-refractivity contribution is 5.69. The van der Waals surface area contributed by atoms with Gasteiger partial charge in [-0.05, 0) is 23.6 Å². The number of carboxylic acids is 1. The molecule has 0 radical (unpaired) electrons. The van der Waals surface area contributed by atoms with Crippen LogP contribution in [0.1, 0.15) is 70.7 Å². The fraction of sp³-hybridized carbons (Fsp3) is 0.533. The molecule has 0 saturated carbocycles. The van der Waals surface area contributed by atoms with Gasteiger partial charge in [-0.3, -0.25) is 29.1 Å². The summed E-state index contributed by atoms with van der Waals surface area (Å²) >= 11 is 0. The van der Waals surface area contributed by atoms with Crippen LogP contribution in [0.5, 0.6) is 11.6 Å². The van der Waals surface area contributed by atoms with Gasteiger partial charge in [-0.2, -0.15) is 0 Å². The number of nitrogens with zero attached hydrogens (tertiary/aromatic N) is 1. The van der Waals surface area contributed by atoms with Gasteiger partial charge in [0.1, 0.15) is 18.5 Å². The first-order chi connectivity index (χ1) is 21.2. The van der Waals surface area contributed by atoms with Crippen LogP contribution in [0.3, 0.4) is 0 Å². The third-order valence-corrected chi connectivity index (χ3v) is 6.50. The number of aliphatic carboxylic acids is 1. The Morgan fingerprint density at radius 3 is 2.04 bits per heavy atom. The van der Waals surface area contributed by atoms with Crippen LogP contribution in [0.25, 0.3) is 0 Å². The third kappa shape index (κ3) is 10.2. The van der Waals surface area contributed by atoms with Gasteiger partial charge in [-0.1, -0.05) is 26.0 Å². The zero-order valence-corrected chi connectivity index (χ0v) is 25.9. The summed E-state index contributed by atoms with van der Waals surface area (Å²) in [6.07, 6.45) is -6.56. The van der Waals surface area contributed by atoms with Gasteiger partial charge in [-0.15, -0.1) is 5.10 Å². The van der Waals surface area contributed by atoms with Gasteiger partial charge in [0.2, 0.25) is 18.3 Å². The summed E-state index contributed by atoms with van der Waals surface area (Å²) in [4.78, 5) is 58.7. The van der Waals surface area contributed by atoms with Crippen molar-refractivity contribution >= 4 is 29.8 Å². The molecule has 1 aliphatic rings. The number of hydrogen-bond donors (Lipinski definition) is 2. The maximum atomic E-state index is 12.2. The number of hydrogen-bond acceptors (Lipinski definition) is 13. The van der Waals surface area contributed by atoms with Gasteiger partial charge >= 0.3 is 29.8 Å². The molecule has 1 aromatic heterocycles. The second-order valence-corrected chi connectivity index (χ2v) is 10.6. The smallest absolute Gasteiger partial charge is 0.306 e. The molecule has 1 aromatic carbocycles. The SMILES string of the molecule is CC(=O)OC[C@H]1OC(Oc2n[nH]c(C(C)C)c2Cc2ccc(OCCC(=O)O)cc2)[C@H](OC(C)=O)[C@@H](OC(C)=O)[C@@H]1OC(C)=O. The summed E-state index contributed by atoms with van der Waals surface area (Å²) in [5.74, 6) is -3.28. The van der Waals surface area contributed by atoms with Crippen molar-refractivity contribution < 1.29 is 62.2 Å². The largest absolute Gasteiger partial charge is 0.493 e. The average molecular weight is 635 g/mol. The van der Waals surface area contributed by atoms with Gasteiger partial charge in [0.05, 0.1) is 13.0 Å². The molecule has 0 bridgehead atoms.